The molecule has 0 spiro atoms. The van der Waals surface area contributed by atoms with Crippen molar-refractivity contribution < 1.29 is 4.79 Å². The summed E-state index contributed by atoms with van der Waals surface area (Å²) in [5.41, 5.74) is 2.26. The van der Waals surface area contributed by atoms with Crippen molar-refractivity contribution in [3.63, 3.8) is 0 Å². The molecule has 2 saturated heterocycles. The van der Waals surface area contributed by atoms with E-state index in [1.807, 2.05) is 17.2 Å². The van der Waals surface area contributed by atoms with Gasteiger partial charge in [0.2, 0.25) is 0 Å². The standard InChI is InChI=1S/C18H28N4O/c1-15-6-5-9-19-17(15)7-10-20-18(23)22-13-8-16(14-22)21-11-3-2-4-12-21/h5-6,9,16H,2-4,7-8,10-14H2,1H3,(H,20,23). The van der Waals surface area contributed by atoms with Crippen LogP contribution < -0.4 is 5.32 Å². The SMILES string of the molecule is Cc1cccnc1CCNC(=O)N1CCC(N2CCCCC2)C1. The third-order valence-electron chi connectivity index (χ3n) is 5.11. The van der Waals surface area contributed by atoms with Crippen LogP contribution in [0.1, 0.15) is 36.9 Å². The average Bonchev–Trinajstić information content (AvgIpc) is 3.07. The minimum atomic E-state index is 0.0816. The zero-order valence-electron chi connectivity index (χ0n) is 14.1. The van der Waals surface area contributed by atoms with Gasteiger partial charge in [-0.25, -0.2) is 4.79 Å². The molecule has 1 atom stereocenters. The predicted molar refractivity (Wildman–Crippen MR) is 91.5 cm³/mol. The van der Waals surface area contributed by atoms with Crippen molar-refractivity contribution in [2.24, 2.45) is 0 Å². The Morgan fingerprint density at radius 1 is 1.30 bits per heavy atom. The number of rotatable bonds is 4. The Morgan fingerprint density at radius 2 is 2.13 bits per heavy atom. The fourth-order valence-corrected chi connectivity index (χ4v) is 3.69. The number of urea groups is 1. The summed E-state index contributed by atoms with van der Waals surface area (Å²) in [6.45, 7) is 6.90. The van der Waals surface area contributed by atoms with Crippen molar-refractivity contribution >= 4 is 6.03 Å². The third-order valence-corrected chi connectivity index (χ3v) is 5.11. The van der Waals surface area contributed by atoms with Crippen molar-refractivity contribution in [3.05, 3.63) is 29.6 Å². The van der Waals surface area contributed by atoms with E-state index < -0.39 is 0 Å². The van der Waals surface area contributed by atoms with Crippen molar-refractivity contribution in [2.45, 2.75) is 45.1 Å². The van der Waals surface area contributed by atoms with E-state index >= 15 is 0 Å². The summed E-state index contributed by atoms with van der Waals surface area (Å²) in [6, 6.07) is 4.66. The first-order valence-electron chi connectivity index (χ1n) is 8.91. The number of aryl methyl sites for hydroxylation is 1. The molecule has 2 fully saturated rings. The van der Waals surface area contributed by atoms with Gasteiger partial charge in [-0.2, -0.15) is 0 Å². The number of nitrogens with one attached hydrogen (secondary N) is 1. The van der Waals surface area contributed by atoms with Crippen LogP contribution in [-0.4, -0.2) is 59.6 Å². The van der Waals surface area contributed by atoms with Gasteiger partial charge in [0, 0.05) is 44.0 Å². The van der Waals surface area contributed by atoms with Gasteiger partial charge < -0.3 is 10.2 Å². The number of likely N-dealkylation sites (tertiary alicyclic amines) is 2. The number of piperidine rings is 1. The van der Waals surface area contributed by atoms with Crippen LogP contribution in [0, 0.1) is 6.92 Å². The maximum absolute atomic E-state index is 12.3. The van der Waals surface area contributed by atoms with Crippen LogP contribution in [0.5, 0.6) is 0 Å². The zero-order valence-corrected chi connectivity index (χ0v) is 14.1. The Hall–Kier alpha value is -1.62. The molecular formula is C18H28N4O. The molecule has 1 aromatic rings. The Bertz CT molecular complexity index is 528. The molecular weight excluding hydrogens is 288 g/mol. The molecule has 0 saturated carbocycles. The van der Waals surface area contributed by atoms with E-state index in [-0.39, 0.29) is 6.03 Å². The minimum Gasteiger partial charge on any atom is -0.338 e. The highest BCUT2D eigenvalue weighted by molar-refractivity contribution is 5.74. The molecule has 3 heterocycles. The molecule has 5 nitrogen and oxygen atoms in total. The monoisotopic (exact) mass is 316 g/mol. The molecule has 0 bridgehead atoms. The summed E-state index contributed by atoms with van der Waals surface area (Å²) >= 11 is 0. The topological polar surface area (TPSA) is 48.5 Å². The molecule has 3 rings (SSSR count). The van der Waals surface area contributed by atoms with Crippen LogP contribution in [0.4, 0.5) is 4.79 Å². The van der Waals surface area contributed by atoms with Gasteiger partial charge >= 0.3 is 6.03 Å². The van der Waals surface area contributed by atoms with E-state index in [1.165, 1.54) is 37.9 Å². The number of pyridine rings is 1. The van der Waals surface area contributed by atoms with E-state index in [0.717, 1.165) is 31.6 Å². The smallest absolute Gasteiger partial charge is 0.317 e. The van der Waals surface area contributed by atoms with Crippen LogP contribution in [0.15, 0.2) is 18.3 Å². The number of carbonyl (C=O) groups excluding carboxylic acids is 1. The normalized spacial score (nSPS) is 22.3. The molecule has 2 amide bonds. The first kappa shape index (κ1) is 16.2. The van der Waals surface area contributed by atoms with Gasteiger partial charge in [0.15, 0.2) is 0 Å². The van der Waals surface area contributed by atoms with E-state index in [9.17, 15) is 4.79 Å². The summed E-state index contributed by atoms with van der Waals surface area (Å²) in [5.74, 6) is 0. The fourth-order valence-electron chi connectivity index (χ4n) is 3.69. The van der Waals surface area contributed by atoms with Crippen LogP contribution in [0.25, 0.3) is 0 Å². The Labute approximate surface area is 139 Å². The molecule has 126 valence electrons. The summed E-state index contributed by atoms with van der Waals surface area (Å²) < 4.78 is 0. The minimum absolute atomic E-state index is 0.0816. The third kappa shape index (κ3) is 4.22. The number of amides is 2. The Balaban J connectivity index is 1.41. The van der Waals surface area contributed by atoms with Crippen LogP contribution in [0.3, 0.4) is 0 Å². The summed E-state index contributed by atoms with van der Waals surface area (Å²) in [5, 5.41) is 3.05. The maximum atomic E-state index is 12.3. The second-order valence-corrected chi connectivity index (χ2v) is 6.73. The van der Waals surface area contributed by atoms with E-state index in [4.69, 9.17) is 0 Å². The molecule has 2 aliphatic rings. The van der Waals surface area contributed by atoms with Gasteiger partial charge in [-0.05, 0) is 50.9 Å². The largest absolute Gasteiger partial charge is 0.338 e. The summed E-state index contributed by atoms with van der Waals surface area (Å²) in [7, 11) is 0. The molecule has 1 aromatic heterocycles. The number of carbonyl (C=O) groups is 1. The van der Waals surface area contributed by atoms with Crippen molar-refractivity contribution in [3.8, 4) is 0 Å². The van der Waals surface area contributed by atoms with Gasteiger partial charge in [0.25, 0.3) is 0 Å². The molecule has 0 aromatic carbocycles. The van der Waals surface area contributed by atoms with Gasteiger partial charge in [-0.3, -0.25) is 9.88 Å². The predicted octanol–water partition coefficient (Wildman–Crippen LogP) is 2.20. The van der Waals surface area contributed by atoms with Gasteiger partial charge in [-0.15, -0.1) is 0 Å². The first-order chi connectivity index (χ1) is 11.2. The van der Waals surface area contributed by atoms with Crippen molar-refractivity contribution in [1.29, 1.82) is 0 Å². The Kier molecular flexibility index (Phi) is 5.49. The average molecular weight is 316 g/mol. The van der Waals surface area contributed by atoms with Crippen molar-refractivity contribution in [2.75, 3.05) is 32.7 Å². The van der Waals surface area contributed by atoms with E-state index in [0.29, 0.717) is 12.6 Å². The highest BCUT2D eigenvalue weighted by atomic mass is 16.2. The molecule has 23 heavy (non-hydrogen) atoms. The number of hydrogen-bond acceptors (Lipinski definition) is 3. The zero-order chi connectivity index (χ0) is 16.1. The van der Waals surface area contributed by atoms with Crippen molar-refractivity contribution in [1.82, 2.24) is 20.1 Å². The van der Waals surface area contributed by atoms with Gasteiger partial charge in [0.05, 0.1) is 0 Å². The summed E-state index contributed by atoms with van der Waals surface area (Å²) in [4.78, 5) is 21.3. The Morgan fingerprint density at radius 3 is 2.91 bits per heavy atom. The number of hydrogen-bond donors (Lipinski definition) is 1. The maximum Gasteiger partial charge on any atom is 0.317 e. The lowest BCUT2D eigenvalue weighted by atomic mass is 10.1. The number of nitrogens with zero attached hydrogens (tertiary/aromatic N) is 3. The van der Waals surface area contributed by atoms with Crippen LogP contribution in [-0.2, 0) is 6.42 Å². The lowest BCUT2D eigenvalue weighted by molar-refractivity contribution is 0.161. The first-order valence-corrected chi connectivity index (χ1v) is 8.91. The lowest BCUT2D eigenvalue weighted by Crippen LogP contribution is -2.44. The van der Waals surface area contributed by atoms with E-state index in [2.05, 4.69) is 28.2 Å². The van der Waals surface area contributed by atoms with Gasteiger partial charge in [0.1, 0.15) is 0 Å². The quantitative estimate of drug-likeness (QED) is 0.926. The molecule has 5 heteroatoms. The highest BCUT2D eigenvalue weighted by Crippen LogP contribution is 2.20. The van der Waals surface area contributed by atoms with E-state index in [1.54, 1.807) is 0 Å². The highest BCUT2D eigenvalue weighted by Gasteiger charge is 2.30. The molecule has 2 aliphatic heterocycles. The fraction of sp³-hybridized carbons (Fsp3) is 0.667. The summed E-state index contributed by atoms with van der Waals surface area (Å²) in [6.07, 6.45) is 7.71. The molecule has 0 radical (unpaired) electrons. The van der Waals surface area contributed by atoms with Crippen LogP contribution in [0.2, 0.25) is 0 Å². The van der Waals surface area contributed by atoms with Gasteiger partial charge in [-0.1, -0.05) is 12.5 Å². The second kappa shape index (κ2) is 7.77. The second-order valence-electron chi connectivity index (χ2n) is 6.73. The number of aromatic nitrogens is 1. The molecule has 1 N–H and O–H groups in total. The lowest BCUT2D eigenvalue weighted by Gasteiger charge is -2.32. The molecule has 0 aliphatic carbocycles. The van der Waals surface area contributed by atoms with Crippen LogP contribution >= 0.6 is 0 Å². The molecule has 1 unspecified atom stereocenters.